The summed E-state index contributed by atoms with van der Waals surface area (Å²) in [7, 11) is 1.40. The zero-order valence-electron chi connectivity index (χ0n) is 17.7. The summed E-state index contributed by atoms with van der Waals surface area (Å²) in [5.41, 5.74) is -0.533. The van der Waals surface area contributed by atoms with Gasteiger partial charge in [-0.3, -0.25) is 4.79 Å². The molecule has 7 nitrogen and oxygen atoms in total. The van der Waals surface area contributed by atoms with E-state index < -0.39 is 22.8 Å². The molecule has 0 atom stereocenters. The third kappa shape index (κ3) is 5.92. The van der Waals surface area contributed by atoms with E-state index in [1.807, 2.05) is 0 Å². The van der Waals surface area contributed by atoms with Gasteiger partial charge in [-0.2, -0.15) is 14.1 Å². The minimum absolute atomic E-state index is 0.0254. The molecule has 32 heavy (non-hydrogen) atoms. The number of nitrogens with zero attached hydrogens (tertiary/aromatic N) is 2. The fourth-order valence-corrected chi connectivity index (χ4v) is 3.14. The predicted molar refractivity (Wildman–Crippen MR) is 116 cm³/mol. The second kappa shape index (κ2) is 10.2. The van der Waals surface area contributed by atoms with Crippen molar-refractivity contribution in [2.75, 3.05) is 13.7 Å². The number of rotatable bonds is 9. The average Bonchev–Trinajstić information content (AvgIpc) is 2.75. The van der Waals surface area contributed by atoms with E-state index in [0.29, 0.717) is 11.1 Å². The van der Waals surface area contributed by atoms with E-state index in [1.54, 1.807) is 38.1 Å². The molecule has 0 radical (unpaired) electrons. The van der Waals surface area contributed by atoms with Crippen molar-refractivity contribution < 1.29 is 27.8 Å². The molecule has 0 aliphatic rings. The molecule has 10 heteroatoms. The molecule has 0 saturated carbocycles. The van der Waals surface area contributed by atoms with Gasteiger partial charge >= 0.3 is 5.56 Å². The van der Waals surface area contributed by atoms with E-state index in [9.17, 15) is 18.7 Å². The number of hydrogen-bond acceptors (Lipinski definition) is 7. The van der Waals surface area contributed by atoms with Gasteiger partial charge in [0.25, 0.3) is 0 Å². The Kier molecular flexibility index (Phi) is 7.62. The molecule has 3 rings (SSSR count). The van der Waals surface area contributed by atoms with Crippen molar-refractivity contribution in [3.8, 4) is 22.6 Å². The van der Waals surface area contributed by atoms with Crippen LogP contribution in [0.2, 0.25) is 0 Å². The average molecular weight is 464 g/mol. The van der Waals surface area contributed by atoms with Gasteiger partial charge < -0.3 is 9.84 Å². The van der Waals surface area contributed by atoms with Crippen molar-refractivity contribution in [2.24, 2.45) is 0 Å². The largest absolute Gasteiger partial charge is 0.487 e. The molecule has 3 aromatic rings. The van der Waals surface area contributed by atoms with Crippen LogP contribution in [0.3, 0.4) is 0 Å². The van der Waals surface area contributed by atoms with Crippen LogP contribution in [0, 0.1) is 11.6 Å². The molecule has 0 aliphatic heterocycles. The first-order valence-electron chi connectivity index (χ1n) is 9.60. The van der Waals surface area contributed by atoms with Gasteiger partial charge in [0.05, 0.1) is 43.2 Å². The summed E-state index contributed by atoms with van der Waals surface area (Å²) in [6.07, 6.45) is 1.68. The highest BCUT2D eigenvalue weighted by Gasteiger charge is 2.19. The lowest BCUT2D eigenvalue weighted by atomic mass is 10.1. The van der Waals surface area contributed by atoms with Crippen LogP contribution in [0.5, 0.6) is 5.75 Å². The number of ether oxygens (including phenoxy) is 1. The smallest absolute Gasteiger partial charge is 0.314 e. The molecular weight excluding hydrogens is 442 g/mol. The second-order valence-electron chi connectivity index (χ2n) is 7.46. The highest BCUT2D eigenvalue weighted by molar-refractivity contribution is 7.94. The van der Waals surface area contributed by atoms with E-state index in [2.05, 4.69) is 9.99 Å². The van der Waals surface area contributed by atoms with Gasteiger partial charge in [0.1, 0.15) is 0 Å². The number of aromatic nitrogens is 2. The number of hydrogen-bond donors (Lipinski definition) is 1. The van der Waals surface area contributed by atoms with Crippen LogP contribution in [0.15, 0.2) is 58.4 Å². The monoisotopic (exact) mass is 464 g/mol. The summed E-state index contributed by atoms with van der Waals surface area (Å²) >= 11 is 1.02. The molecule has 0 aliphatic carbocycles. The molecule has 2 aromatic carbocycles. The van der Waals surface area contributed by atoms with Gasteiger partial charge in [0.2, 0.25) is 0 Å². The summed E-state index contributed by atoms with van der Waals surface area (Å²) in [4.78, 5) is 18.5. The maximum Gasteiger partial charge on any atom is 0.314 e. The van der Waals surface area contributed by atoms with Gasteiger partial charge in [-0.05, 0) is 43.7 Å². The first-order chi connectivity index (χ1) is 15.2. The minimum Gasteiger partial charge on any atom is -0.487 e. The van der Waals surface area contributed by atoms with Crippen LogP contribution in [0.4, 0.5) is 8.78 Å². The Bertz CT molecular complexity index is 1130. The van der Waals surface area contributed by atoms with Gasteiger partial charge in [0.15, 0.2) is 17.4 Å². The SMILES string of the molecule is COOSc1ccc(-c2cnn(-c3ccc(F)c(F)c3)c(=O)c2OCCC(C)(C)O)cc1. The van der Waals surface area contributed by atoms with E-state index in [4.69, 9.17) is 9.07 Å². The van der Waals surface area contributed by atoms with Crippen molar-refractivity contribution in [1.29, 1.82) is 0 Å². The van der Waals surface area contributed by atoms with Crippen LogP contribution in [-0.2, 0) is 9.22 Å². The Morgan fingerprint density at radius 3 is 2.47 bits per heavy atom. The van der Waals surface area contributed by atoms with E-state index in [-0.39, 0.29) is 24.5 Å². The summed E-state index contributed by atoms with van der Waals surface area (Å²) in [6, 6.07) is 10.1. The molecule has 1 heterocycles. The Labute approximate surface area is 187 Å². The molecule has 1 aromatic heterocycles. The molecule has 0 spiro atoms. The zero-order valence-corrected chi connectivity index (χ0v) is 18.5. The van der Waals surface area contributed by atoms with E-state index in [1.165, 1.54) is 19.4 Å². The first kappa shape index (κ1) is 23.9. The number of benzene rings is 2. The Hall–Kier alpha value is -2.79. The normalized spacial score (nSPS) is 11.6. The lowest BCUT2D eigenvalue weighted by molar-refractivity contribution is -0.160. The third-order valence-corrected chi connectivity index (χ3v) is 5.07. The van der Waals surface area contributed by atoms with Gasteiger partial charge in [-0.15, -0.1) is 0 Å². The second-order valence-corrected chi connectivity index (χ2v) is 8.23. The van der Waals surface area contributed by atoms with Gasteiger partial charge in [-0.1, -0.05) is 12.1 Å². The van der Waals surface area contributed by atoms with E-state index in [0.717, 1.165) is 33.8 Å². The maximum atomic E-state index is 13.7. The topological polar surface area (TPSA) is 82.8 Å². The molecular formula is C22H22F2N2O5S. The third-order valence-electron chi connectivity index (χ3n) is 4.41. The highest BCUT2D eigenvalue weighted by atomic mass is 32.2. The molecule has 0 saturated heterocycles. The molecule has 0 bridgehead atoms. The quantitative estimate of drug-likeness (QED) is 0.287. The van der Waals surface area contributed by atoms with Crippen LogP contribution in [0.1, 0.15) is 20.3 Å². The van der Waals surface area contributed by atoms with Crippen LogP contribution < -0.4 is 10.3 Å². The summed E-state index contributed by atoms with van der Waals surface area (Å²) < 4.78 is 38.5. The van der Waals surface area contributed by atoms with Crippen LogP contribution >= 0.6 is 12.0 Å². The molecule has 0 unspecified atom stereocenters. The van der Waals surface area contributed by atoms with E-state index >= 15 is 0 Å². The molecule has 1 N–H and O–H groups in total. The fourth-order valence-electron chi connectivity index (χ4n) is 2.75. The maximum absolute atomic E-state index is 13.7. The van der Waals surface area contributed by atoms with Crippen molar-refractivity contribution >= 4 is 12.0 Å². The van der Waals surface area contributed by atoms with Crippen molar-refractivity contribution in [3.63, 3.8) is 0 Å². The predicted octanol–water partition coefficient (Wildman–Crippen LogP) is 4.30. The van der Waals surface area contributed by atoms with Crippen LogP contribution in [0.25, 0.3) is 16.8 Å². The van der Waals surface area contributed by atoms with Crippen molar-refractivity contribution in [2.45, 2.75) is 30.8 Å². The van der Waals surface area contributed by atoms with Crippen molar-refractivity contribution in [3.05, 3.63) is 70.6 Å². The molecule has 170 valence electrons. The number of halogens is 2. The Morgan fingerprint density at radius 2 is 1.84 bits per heavy atom. The summed E-state index contributed by atoms with van der Waals surface area (Å²) in [5, 5.41) is 14.1. The van der Waals surface area contributed by atoms with Crippen LogP contribution in [-0.4, -0.2) is 34.2 Å². The van der Waals surface area contributed by atoms with Gasteiger partial charge in [-0.25, -0.2) is 13.7 Å². The summed E-state index contributed by atoms with van der Waals surface area (Å²) in [6.45, 7) is 3.31. The Balaban J connectivity index is 2.02. The molecule has 0 fully saturated rings. The first-order valence-corrected chi connectivity index (χ1v) is 10.3. The zero-order chi connectivity index (χ0) is 23.3. The summed E-state index contributed by atoms with van der Waals surface area (Å²) in [5.74, 6) is -2.16. The Morgan fingerprint density at radius 1 is 1.12 bits per heavy atom. The lowest BCUT2D eigenvalue weighted by Crippen LogP contribution is -2.26. The highest BCUT2D eigenvalue weighted by Crippen LogP contribution is 2.29. The fraction of sp³-hybridized carbons (Fsp3) is 0.273. The molecule has 0 amide bonds. The van der Waals surface area contributed by atoms with Crippen molar-refractivity contribution in [1.82, 2.24) is 9.78 Å². The standard InChI is InChI=1S/C22H22F2N2O5S/c1-22(2,28)10-11-30-20-17(14-4-7-16(8-5-14)32-31-29-3)13-25-26(21(20)27)15-6-9-18(23)19(24)12-15/h4-9,12-13,28H,10-11H2,1-3H3. The lowest BCUT2D eigenvalue weighted by Gasteiger charge is -2.18. The minimum atomic E-state index is -1.10. The van der Waals surface area contributed by atoms with Gasteiger partial charge in [0, 0.05) is 22.9 Å². The number of aliphatic hydroxyl groups is 1.